The first-order valence-corrected chi connectivity index (χ1v) is 9.50. The van der Waals surface area contributed by atoms with Crippen LogP contribution in [0.25, 0.3) is 0 Å². The van der Waals surface area contributed by atoms with Crippen molar-refractivity contribution in [1.82, 2.24) is 9.80 Å². The third-order valence-electron chi connectivity index (χ3n) is 5.05. The fraction of sp³-hybridized carbons (Fsp3) is 0.619. The van der Waals surface area contributed by atoms with Crippen LogP contribution in [0.15, 0.2) is 29.8 Å². The Labute approximate surface area is 152 Å². The standard InChI is InChI=1S/C21H32N2O2/c1-5-16(2)11-22-8-9-24-21-7-6-19(10-20(21)15-22)14-23-12-17(3)25-18(4)13-23/h5-7,10,17-18H,8-9,11-15H2,1-4H3/b16-5+/t17-,18+. The number of allylic oxidation sites excluding steroid dienone is 1. The summed E-state index contributed by atoms with van der Waals surface area (Å²) in [6.45, 7) is 15.4. The summed E-state index contributed by atoms with van der Waals surface area (Å²) >= 11 is 0. The summed E-state index contributed by atoms with van der Waals surface area (Å²) in [5, 5.41) is 0. The van der Waals surface area contributed by atoms with Gasteiger partial charge in [-0.05, 0) is 45.4 Å². The molecule has 0 amide bonds. The van der Waals surface area contributed by atoms with Gasteiger partial charge in [0.1, 0.15) is 12.4 Å². The Morgan fingerprint density at radius 1 is 1.20 bits per heavy atom. The molecular weight excluding hydrogens is 312 g/mol. The molecule has 1 aromatic rings. The van der Waals surface area contributed by atoms with Crippen molar-refractivity contribution >= 4 is 0 Å². The molecule has 2 heterocycles. The monoisotopic (exact) mass is 344 g/mol. The van der Waals surface area contributed by atoms with E-state index in [1.807, 2.05) is 0 Å². The highest BCUT2D eigenvalue weighted by Gasteiger charge is 2.23. The molecule has 2 aliphatic heterocycles. The maximum absolute atomic E-state index is 5.98. The van der Waals surface area contributed by atoms with Gasteiger partial charge in [-0.15, -0.1) is 0 Å². The quantitative estimate of drug-likeness (QED) is 0.781. The van der Waals surface area contributed by atoms with Crippen LogP contribution < -0.4 is 4.74 Å². The maximum Gasteiger partial charge on any atom is 0.123 e. The number of benzene rings is 1. The number of hydrogen-bond donors (Lipinski definition) is 0. The molecule has 0 unspecified atom stereocenters. The molecule has 2 aliphatic rings. The number of fused-ring (bicyclic) bond motifs is 1. The Kier molecular flexibility index (Phi) is 6.15. The van der Waals surface area contributed by atoms with Gasteiger partial charge in [0.15, 0.2) is 0 Å². The van der Waals surface area contributed by atoms with Crippen LogP contribution in [0.2, 0.25) is 0 Å². The fourth-order valence-electron chi connectivity index (χ4n) is 3.85. The molecule has 138 valence electrons. The zero-order valence-corrected chi connectivity index (χ0v) is 16.1. The molecular formula is C21H32N2O2. The highest BCUT2D eigenvalue weighted by atomic mass is 16.5. The number of hydrogen-bond acceptors (Lipinski definition) is 4. The minimum atomic E-state index is 0.312. The van der Waals surface area contributed by atoms with Crippen LogP contribution in [0.3, 0.4) is 0 Å². The Balaban J connectivity index is 1.70. The van der Waals surface area contributed by atoms with Crippen molar-refractivity contribution in [3.63, 3.8) is 0 Å². The number of rotatable bonds is 4. The third-order valence-corrected chi connectivity index (χ3v) is 5.05. The van der Waals surface area contributed by atoms with Gasteiger partial charge >= 0.3 is 0 Å². The fourth-order valence-corrected chi connectivity index (χ4v) is 3.85. The van der Waals surface area contributed by atoms with E-state index in [2.05, 4.69) is 61.8 Å². The molecule has 1 fully saturated rings. The van der Waals surface area contributed by atoms with Crippen LogP contribution in [-0.2, 0) is 17.8 Å². The maximum atomic E-state index is 5.98. The Morgan fingerprint density at radius 2 is 1.96 bits per heavy atom. The van der Waals surface area contributed by atoms with Crippen molar-refractivity contribution in [2.75, 3.05) is 32.8 Å². The summed E-state index contributed by atoms with van der Waals surface area (Å²) in [7, 11) is 0. The van der Waals surface area contributed by atoms with E-state index in [0.717, 1.165) is 51.6 Å². The van der Waals surface area contributed by atoms with Crippen molar-refractivity contribution in [2.24, 2.45) is 0 Å². The molecule has 1 saturated heterocycles. The van der Waals surface area contributed by atoms with Gasteiger partial charge in [-0.2, -0.15) is 0 Å². The molecule has 0 saturated carbocycles. The van der Waals surface area contributed by atoms with Crippen molar-refractivity contribution < 1.29 is 9.47 Å². The second-order valence-corrected chi connectivity index (χ2v) is 7.59. The van der Waals surface area contributed by atoms with Gasteiger partial charge in [-0.3, -0.25) is 9.80 Å². The van der Waals surface area contributed by atoms with E-state index in [1.165, 1.54) is 16.7 Å². The van der Waals surface area contributed by atoms with Crippen molar-refractivity contribution in [3.8, 4) is 5.75 Å². The van der Waals surface area contributed by atoms with E-state index < -0.39 is 0 Å². The summed E-state index contributed by atoms with van der Waals surface area (Å²) in [6, 6.07) is 6.71. The largest absolute Gasteiger partial charge is 0.492 e. The second kappa shape index (κ2) is 8.35. The highest BCUT2D eigenvalue weighted by Crippen LogP contribution is 2.26. The molecule has 0 radical (unpaired) electrons. The van der Waals surface area contributed by atoms with Gasteiger partial charge in [0.05, 0.1) is 12.2 Å². The third kappa shape index (κ3) is 5.06. The van der Waals surface area contributed by atoms with E-state index in [9.17, 15) is 0 Å². The molecule has 0 N–H and O–H groups in total. The molecule has 4 nitrogen and oxygen atoms in total. The average molecular weight is 344 g/mol. The van der Waals surface area contributed by atoms with Crippen LogP contribution >= 0.6 is 0 Å². The molecule has 2 atom stereocenters. The van der Waals surface area contributed by atoms with Crippen LogP contribution in [0.5, 0.6) is 5.75 Å². The Hall–Kier alpha value is -1.36. The zero-order chi connectivity index (χ0) is 17.8. The SMILES string of the molecule is C/C=C(\C)CN1CCOc2ccc(CN3C[C@@H](C)O[C@@H](C)C3)cc2C1. The molecule has 0 bridgehead atoms. The van der Waals surface area contributed by atoms with Gasteiger partial charge in [-0.25, -0.2) is 0 Å². The van der Waals surface area contributed by atoms with E-state index in [1.54, 1.807) is 0 Å². The van der Waals surface area contributed by atoms with Crippen molar-refractivity contribution in [2.45, 2.75) is 53.0 Å². The van der Waals surface area contributed by atoms with Crippen molar-refractivity contribution in [1.29, 1.82) is 0 Å². The lowest BCUT2D eigenvalue weighted by Gasteiger charge is -2.35. The molecule has 0 spiro atoms. The zero-order valence-electron chi connectivity index (χ0n) is 16.1. The van der Waals surface area contributed by atoms with Gasteiger partial charge in [0.25, 0.3) is 0 Å². The normalized spacial score (nSPS) is 26.0. The van der Waals surface area contributed by atoms with Gasteiger partial charge in [0, 0.05) is 44.8 Å². The predicted molar refractivity (Wildman–Crippen MR) is 102 cm³/mol. The minimum Gasteiger partial charge on any atom is -0.492 e. The first kappa shape index (κ1) is 18.4. The summed E-state index contributed by atoms with van der Waals surface area (Å²) < 4.78 is 11.8. The van der Waals surface area contributed by atoms with Crippen LogP contribution in [0, 0.1) is 0 Å². The first-order valence-electron chi connectivity index (χ1n) is 9.50. The summed E-state index contributed by atoms with van der Waals surface area (Å²) in [4.78, 5) is 4.98. The molecule has 1 aromatic carbocycles. The Morgan fingerprint density at radius 3 is 2.68 bits per heavy atom. The predicted octanol–water partition coefficient (Wildman–Crippen LogP) is 3.46. The summed E-state index contributed by atoms with van der Waals surface area (Å²) in [5.74, 6) is 1.05. The first-order chi connectivity index (χ1) is 12.0. The molecule has 3 rings (SSSR count). The minimum absolute atomic E-state index is 0.312. The lowest BCUT2D eigenvalue weighted by atomic mass is 10.1. The molecule has 25 heavy (non-hydrogen) atoms. The second-order valence-electron chi connectivity index (χ2n) is 7.59. The van der Waals surface area contributed by atoms with E-state index in [0.29, 0.717) is 12.2 Å². The Bertz CT molecular complexity index is 604. The average Bonchev–Trinajstić information content (AvgIpc) is 2.75. The lowest BCUT2D eigenvalue weighted by molar-refractivity contribution is -0.0704. The topological polar surface area (TPSA) is 24.9 Å². The van der Waals surface area contributed by atoms with E-state index >= 15 is 0 Å². The number of morpholine rings is 1. The van der Waals surface area contributed by atoms with Gasteiger partial charge in [-0.1, -0.05) is 17.7 Å². The summed E-state index contributed by atoms with van der Waals surface area (Å²) in [6.07, 6.45) is 2.82. The molecule has 4 heteroatoms. The van der Waals surface area contributed by atoms with Crippen LogP contribution in [0.1, 0.15) is 38.8 Å². The van der Waals surface area contributed by atoms with Crippen LogP contribution in [0.4, 0.5) is 0 Å². The highest BCUT2D eigenvalue weighted by molar-refractivity contribution is 5.38. The smallest absolute Gasteiger partial charge is 0.123 e. The van der Waals surface area contributed by atoms with E-state index in [-0.39, 0.29) is 0 Å². The number of ether oxygens (including phenoxy) is 2. The van der Waals surface area contributed by atoms with Crippen molar-refractivity contribution in [3.05, 3.63) is 41.0 Å². The van der Waals surface area contributed by atoms with E-state index in [4.69, 9.17) is 9.47 Å². The summed E-state index contributed by atoms with van der Waals surface area (Å²) in [5.41, 5.74) is 4.09. The van der Waals surface area contributed by atoms with Gasteiger partial charge < -0.3 is 9.47 Å². The van der Waals surface area contributed by atoms with Crippen LogP contribution in [-0.4, -0.2) is 54.8 Å². The molecule has 0 aromatic heterocycles. The number of nitrogens with zero attached hydrogens (tertiary/aromatic N) is 2. The van der Waals surface area contributed by atoms with Gasteiger partial charge in [0.2, 0.25) is 0 Å². The molecule has 0 aliphatic carbocycles. The lowest BCUT2D eigenvalue weighted by Crippen LogP contribution is -2.44.